The van der Waals surface area contributed by atoms with Crippen LogP contribution in [0.1, 0.15) is 21.8 Å². The molecule has 1 aliphatic rings. The van der Waals surface area contributed by atoms with E-state index in [4.69, 9.17) is 10.8 Å². The van der Waals surface area contributed by atoms with E-state index in [0.29, 0.717) is 22.1 Å². The minimum Gasteiger partial charge on any atom is -0.395 e. The lowest BCUT2D eigenvalue weighted by atomic mass is 10.2. The number of hydrogen-bond acceptors (Lipinski definition) is 7. The van der Waals surface area contributed by atoms with E-state index in [2.05, 4.69) is 4.98 Å². The molecule has 1 amide bonds. The smallest absolute Gasteiger partial charge is 0.266 e. The van der Waals surface area contributed by atoms with Gasteiger partial charge in [0.15, 0.2) is 15.0 Å². The molecule has 112 valence electrons. The zero-order chi connectivity index (χ0) is 14.9. The molecule has 20 heavy (non-hydrogen) atoms. The lowest BCUT2D eigenvalue weighted by Gasteiger charge is -2.27. The van der Waals surface area contributed by atoms with Gasteiger partial charge in [-0.2, -0.15) is 0 Å². The normalized spacial score (nSPS) is 21.0. The maximum absolute atomic E-state index is 12.5. The number of aliphatic hydroxyl groups excluding tert-OH is 1. The molecule has 3 N–H and O–H groups in total. The molecule has 1 saturated heterocycles. The number of carbonyl (C=O) groups excluding carboxylic acids is 1. The Morgan fingerprint density at radius 1 is 1.60 bits per heavy atom. The Morgan fingerprint density at radius 2 is 2.30 bits per heavy atom. The molecule has 1 atom stereocenters. The zero-order valence-electron chi connectivity index (χ0n) is 11.1. The second kappa shape index (κ2) is 5.66. The number of aliphatic hydroxyl groups is 1. The molecule has 1 aliphatic heterocycles. The van der Waals surface area contributed by atoms with Crippen LogP contribution in [0.15, 0.2) is 0 Å². The average Bonchev–Trinajstić information content (AvgIpc) is 2.88. The number of nitrogens with zero attached hydrogens (tertiary/aromatic N) is 2. The first kappa shape index (κ1) is 15.2. The number of carbonyl (C=O) groups is 1. The second-order valence-corrected chi connectivity index (χ2v) is 8.01. The minimum atomic E-state index is -3.09. The van der Waals surface area contributed by atoms with E-state index >= 15 is 0 Å². The molecule has 1 fully saturated rings. The molecule has 1 aromatic rings. The lowest BCUT2D eigenvalue weighted by molar-refractivity contribution is 0.0659. The summed E-state index contributed by atoms with van der Waals surface area (Å²) in [4.78, 5) is 18.3. The van der Waals surface area contributed by atoms with Crippen molar-refractivity contribution in [2.45, 2.75) is 19.4 Å². The van der Waals surface area contributed by atoms with Gasteiger partial charge in [-0.25, -0.2) is 13.4 Å². The second-order valence-electron chi connectivity index (χ2n) is 4.75. The summed E-state index contributed by atoms with van der Waals surface area (Å²) in [7, 11) is -3.09. The van der Waals surface area contributed by atoms with Gasteiger partial charge in [0.1, 0.15) is 4.88 Å². The van der Waals surface area contributed by atoms with E-state index in [9.17, 15) is 13.2 Å². The highest BCUT2D eigenvalue weighted by Gasteiger charge is 2.35. The van der Waals surface area contributed by atoms with Crippen molar-refractivity contribution in [1.82, 2.24) is 9.88 Å². The van der Waals surface area contributed by atoms with Gasteiger partial charge in [0.05, 0.1) is 23.8 Å². The van der Waals surface area contributed by atoms with Gasteiger partial charge in [0.25, 0.3) is 5.91 Å². The molecule has 0 aliphatic carbocycles. The predicted octanol–water partition coefficient (Wildman–Crippen LogP) is -0.345. The first-order chi connectivity index (χ1) is 9.34. The van der Waals surface area contributed by atoms with Crippen molar-refractivity contribution < 1.29 is 18.3 Å². The topological polar surface area (TPSA) is 114 Å². The number of anilines is 1. The molecule has 0 bridgehead atoms. The Labute approximate surface area is 121 Å². The van der Waals surface area contributed by atoms with Gasteiger partial charge in [-0.1, -0.05) is 11.3 Å². The fraction of sp³-hybridized carbons (Fsp3) is 0.636. The lowest BCUT2D eigenvalue weighted by Crippen LogP contribution is -2.42. The quantitative estimate of drug-likeness (QED) is 0.784. The highest BCUT2D eigenvalue weighted by Crippen LogP contribution is 2.25. The first-order valence-electron chi connectivity index (χ1n) is 6.19. The van der Waals surface area contributed by atoms with E-state index in [1.807, 2.05) is 0 Å². The maximum Gasteiger partial charge on any atom is 0.266 e. The average molecular weight is 319 g/mol. The minimum absolute atomic E-state index is 0.0495. The van der Waals surface area contributed by atoms with Gasteiger partial charge in [0.2, 0.25) is 0 Å². The summed E-state index contributed by atoms with van der Waals surface area (Å²) in [6, 6.07) is -0.387. The van der Waals surface area contributed by atoms with Crippen molar-refractivity contribution in [1.29, 1.82) is 0 Å². The standard InChI is InChI=1S/C11H17N3O4S2/c1-7-9(19-11(12)13-7)10(16)14(3-4-15)8-2-5-20(17,18)6-8/h8,15H,2-6H2,1H3,(H2,12,13). The largest absolute Gasteiger partial charge is 0.395 e. The van der Waals surface area contributed by atoms with Crippen molar-refractivity contribution >= 4 is 32.2 Å². The van der Waals surface area contributed by atoms with Crippen LogP contribution in [0.3, 0.4) is 0 Å². The molecule has 0 radical (unpaired) electrons. The molecule has 1 unspecified atom stereocenters. The first-order valence-corrected chi connectivity index (χ1v) is 8.83. The van der Waals surface area contributed by atoms with Crippen LogP contribution in [-0.2, 0) is 9.84 Å². The maximum atomic E-state index is 12.5. The summed E-state index contributed by atoms with van der Waals surface area (Å²) in [6.07, 6.45) is 0.404. The van der Waals surface area contributed by atoms with Gasteiger partial charge in [-0.05, 0) is 13.3 Å². The Hall–Kier alpha value is -1.19. The van der Waals surface area contributed by atoms with E-state index in [1.54, 1.807) is 6.92 Å². The van der Waals surface area contributed by atoms with Gasteiger partial charge in [0, 0.05) is 12.6 Å². The van der Waals surface area contributed by atoms with Crippen LogP contribution < -0.4 is 5.73 Å². The van der Waals surface area contributed by atoms with E-state index in [0.717, 1.165) is 11.3 Å². The molecule has 7 nitrogen and oxygen atoms in total. The van der Waals surface area contributed by atoms with E-state index in [-0.39, 0.29) is 36.6 Å². The molecule has 0 saturated carbocycles. The number of thiazole rings is 1. The third-order valence-electron chi connectivity index (χ3n) is 3.26. The molecule has 2 rings (SSSR count). The van der Waals surface area contributed by atoms with Crippen LogP contribution in [0.2, 0.25) is 0 Å². The van der Waals surface area contributed by atoms with Crippen LogP contribution in [-0.4, -0.2) is 60.0 Å². The van der Waals surface area contributed by atoms with Crippen LogP contribution >= 0.6 is 11.3 Å². The summed E-state index contributed by atoms with van der Waals surface area (Å²) >= 11 is 1.08. The number of aryl methyl sites for hydroxylation is 1. The summed E-state index contributed by atoms with van der Waals surface area (Å²) in [6.45, 7) is 1.58. The van der Waals surface area contributed by atoms with Crippen molar-refractivity contribution in [3.8, 4) is 0 Å². The molecule has 0 aromatic carbocycles. The predicted molar refractivity (Wildman–Crippen MR) is 76.4 cm³/mol. The van der Waals surface area contributed by atoms with E-state index in [1.165, 1.54) is 4.90 Å². The third-order valence-corrected chi connectivity index (χ3v) is 5.98. The van der Waals surface area contributed by atoms with Gasteiger partial charge < -0.3 is 15.7 Å². The molecule has 1 aromatic heterocycles. The Morgan fingerprint density at radius 3 is 2.75 bits per heavy atom. The Kier molecular flexibility index (Phi) is 4.31. The molecule has 2 heterocycles. The van der Waals surface area contributed by atoms with Crippen molar-refractivity contribution in [3.05, 3.63) is 10.6 Å². The molecular weight excluding hydrogens is 302 g/mol. The van der Waals surface area contributed by atoms with Crippen LogP contribution in [0.5, 0.6) is 0 Å². The molecule has 9 heteroatoms. The van der Waals surface area contributed by atoms with Gasteiger partial charge in [-0.15, -0.1) is 0 Å². The van der Waals surface area contributed by atoms with Crippen LogP contribution in [0.4, 0.5) is 5.13 Å². The monoisotopic (exact) mass is 319 g/mol. The fourth-order valence-corrected chi connectivity index (χ4v) is 4.85. The van der Waals surface area contributed by atoms with Gasteiger partial charge >= 0.3 is 0 Å². The number of nitrogen functional groups attached to an aromatic ring is 1. The summed E-state index contributed by atoms with van der Waals surface area (Å²) in [5, 5.41) is 9.42. The Bertz CT molecular complexity index is 611. The van der Waals surface area contributed by atoms with Crippen LogP contribution in [0, 0.1) is 6.92 Å². The fourth-order valence-electron chi connectivity index (χ4n) is 2.33. The number of aromatic nitrogens is 1. The number of sulfone groups is 1. The SMILES string of the molecule is Cc1nc(N)sc1C(=O)N(CCO)C1CCS(=O)(=O)C1. The third kappa shape index (κ3) is 3.10. The highest BCUT2D eigenvalue weighted by atomic mass is 32.2. The van der Waals surface area contributed by atoms with Crippen molar-refractivity contribution in [2.24, 2.45) is 0 Å². The Balaban J connectivity index is 2.25. The van der Waals surface area contributed by atoms with Crippen molar-refractivity contribution in [2.75, 3.05) is 30.4 Å². The molecular formula is C11H17N3O4S2. The summed E-state index contributed by atoms with van der Waals surface area (Å²) in [5.41, 5.74) is 6.11. The number of rotatable bonds is 4. The summed E-state index contributed by atoms with van der Waals surface area (Å²) in [5.74, 6) is -0.282. The van der Waals surface area contributed by atoms with Gasteiger partial charge in [-0.3, -0.25) is 4.79 Å². The number of nitrogens with two attached hydrogens (primary N) is 1. The van der Waals surface area contributed by atoms with E-state index < -0.39 is 9.84 Å². The number of amides is 1. The zero-order valence-corrected chi connectivity index (χ0v) is 12.7. The number of hydrogen-bond donors (Lipinski definition) is 2. The highest BCUT2D eigenvalue weighted by molar-refractivity contribution is 7.91. The summed E-state index contributed by atoms with van der Waals surface area (Å²) < 4.78 is 23.1. The van der Waals surface area contributed by atoms with Crippen LogP contribution in [0.25, 0.3) is 0 Å². The van der Waals surface area contributed by atoms with Crippen molar-refractivity contribution in [3.63, 3.8) is 0 Å². The molecule has 0 spiro atoms.